The third-order valence-corrected chi connectivity index (χ3v) is 2.91. The number of nitrogens with zero attached hydrogens (tertiary/aromatic N) is 3. The summed E-state index contributed by atoms with van der Waals surface area (Å²) in [5.74, 6) is 5.00. The van der Waals surface area contributed by atoms with Gasteiger partial charge in [-0.15, -0.1) is 5.10 Å². The van der Waals surface area contributed by atoms with Gasteiger partial charge in [-0.2, -0.15) is 0 Å². The predicted octanol–water partition coefficient (Wildman–Crippen LogP) is 1.35. The molecule has 1 unspecified atom stereocenters. The first-order valence-electron chi connectivity index (χ1n) is 5.37. The Kier molecular flexibility index (Phi) is 3.90. The molecule has 1 aromatic heterocycles. The van der Waals surface area contributed by atoms with Crippen LogP contribution in [0.3, 0.4) is 0 Å². The van der Waals surface area contributed by atoms with Crippen LogP contribution in [0.15, 0.2) is 24.4 Å². The van der Waals surface area contributed by atoms with Gasteiger partial charge < -0.3 is 0 Å². The summed E-state index contributed by atoms with van der Waals surface area (Å²) >= 11 is 5.75. The molecule has 18 heavy (non-hydrogen) atoms. The number of aryl methyl sites for hydroxylation is 1. The van der Waals surface area contributed by atoms with E-state index in [9.17, 15) is 4.39 Å². The minimum Gasteiger partial charge on any atom is -0.271 e. The Labute approximate surface area is 109 Å². The maximum absolute atomic E-state index is 13.9. The predicted molar refractivity (Wildman–Crippen MR) is 66.2 cm³/mol. The summed E-state index contributed by atoms with van der Waals surface area (Å²) < 4.78 is 15.5. The number of nitrogens with one attached hydrogen (secondary N) is 1. The van der Waals surface area contributed by atoms with Crippen molar-refractivity contribution >= 4 is 11.6 Å². The van der Waals surface area contributed by atoms with Gasteiger partial charge in [0, 0.05) is 25.2 Å². The summed E-state index contributed by atoms with van der Waals surface area (Å²) in [5, 5.41) is 7.83. The number of rotatable bonds is 4. The fourth-order valence-electron chi connectivity index (χ4n) is 1.75. The standard InChI is InChI=1S/C11H13ClFN5/c1-18-6-7(16-17-18)5-10(15-14)8-3-2-4-9(12)11(8)13/h2-4,6,10,15H,5,14H2,1H3. The van der Waals surface area contributed by atoms with Gasteiger partial charge in [-0.05, 0) is 6.07 Å². The molecule has 2 rings (SSSR count). The van der Waals surface area contributed by atoms with Crippen molar-refractivity contribution in [3.63, 3.8) is 0 Å². The largest absolute Gasteiger partial charge is 0.271 e. The molecule has 0 saturated carbocycles. The smallest absolute Gasteiger partial charge is 0.146 e. The first-order valence-corrected chi connectivity index (χ1v) is 5.75. The van der Waals surface area contributed by atoms with Crippen molar-refractivity contribution in [3.8, 4) is 0 Å². The molecule has 0 bridgehead atoms. The number of halogens is 2. The van der Waals surface area contributed by atoms with Gasteiger partial charge in [0.05, 0.1) is 16.8 Å². The van der Waals surface area contributed by atoms with Gasteiger partial charge in [0.15, 0.2) is 0 Å². The molecule has 1 aromatic carbocycles. The van der Waals surface area contributed by atoms with Crippen molar-refractivity contribution in [3.05, 3.63) is 46.5 Å². The second-order valence-corrected chi connectivity index (χ2v) is 4.36. The van der Waals surface area contributed by atoms with E-state index in [4.69, 9.17) is 17.4 Å². The molecule has 1 atom stereocenters. The Morgan fingerprint density at radius 3 is 2.94 bits per heavy atom. The maximum atomic E-state index is 13.9. The first kappa shape index (κ1) is 12.9. The van der Waals surface area contributed by atoms with E-state index in [0.717, 1.165) is 5.69 Å². The summed E-state index contributed by atoms with van der Waals surface area (Å²) in [4.78, 5) is 0. The Hall–Kier alpha value is -1.50. The van der Waals surface area contributed by atoms with E-state index >= 15 is 0 Å². The fourth-order valence-corrected chi connectivity index (χ4v) is 1.93. The number of hydrogen-bond acceptors (Lipinski definition) is 4. The molecule has 1 heterocycles. The average molecular weight is 270 g/mol. The quantitative estimate of drug-likeness (QED) is 0.649. The van der Waals surface area contributed by atoms with Gasteiger partial charge in [-0.25, -0.2) is 4.39 Å². The molecule has 0 saturated heterocycles. The van der Waals surface area contributed by atoms with Crippen LogP contribution < -0.4 is 11.3 Å². The van der Waals surface area contributed by atoms with Gasteiger partial charge in [-0.3, -0.25) is 16.0 Å². The van der Waals surface area contributed by atoms with Crippen LogP contribution >= 0.6 is 11.6 Å². The Balaban J connectivity index is 2.25. The van der Waals surface area contributed by atoms with Gasteiger partial charge in [0.2, 0.25) is 0 Å². The van der Waals surface area contributed by atoms with E-state index in [-0.39, 0.29) is 5.02 Å². The van der Waals surface area contributed by atoms with Crippen molar-refractivity contribution in [1.82, 2.24) is 20.4 Å². The zero-order chi connectivity index (χ0) is 13.1. The summed E-state index contributed by atoms with van der Waals surface area (Å²) in [5.41, 5.74) is 3.70. The first-order chi connectivity index (χ1) is 8.61. The number of hydrogen-bond donors (Lipinski definition) is 2. The van der Waals surface area contributed by atoms with Crippen LogP contribution in [-0.4, -0.2) is 15.0 Å². The third-order valence-electron chi connectivity index (χ3n) is 2.62. The minimum absolute atomic E-state index is 0.0758. The molecule has 0 amide bonds. The van der Waals surface area contributed by atoms with E-state index in [0.29, 0.717) is 12.0 Å². The zero-order valence-electron chi connectivity index (χ0n) is 9.77. The fraction of sp³-hybridized carbons (Fsp3) is 0.273. The Morgan fingerprint density at radius 1 is 1.56 bits per heavy atom. The second-order valence-electron chi connectivity index (χ2n) is 3.95. The van der Waals surface area contributed by atoms with Gasteiger partial charge >= 0.3 is 0 Å². The lowest BCUT2D eigenvalue weighted by Crippen LogP contribution is -2.30. The molecule has 5 nitrogen and oxygen atoms in total. The molecule has 3 N–H and O–H groups in total. The molecule has 96 valence electrons. The minimum atomic E-state index is -0.467. The molecule has 7 heteroatoms. The molecule has 0 aliphatic heterocycles. The topological polar surface area (TPSA) is 68.8 Å². The van der Waals surface area contributed by atoms with Crippen LogP contribution in [0.25, 0.3) is 0 Å². The van der Waals surface area contributed by atoms with Crippen molar-refractivity contribution in [2.45, 2.75) is 12.5 Å². The van der Waals surface area contributed by atoms with Crippen LogP contribution in [0, 0.1) is 5.82 Å². The zero-order valence-corrected chi connectivity index (χ0v) is 10.5. The number of nitrogens with two attached hydrogens (primary N) is 1. The highest BCUT2D eigenvalue weighted by Gasteiger charge is 2.18. The van der Waals surface area contributed by atoms with E-state index in [2.05, 4.69) is 15.7 Å². The number of benzene rings is 1. The molecular formula is C11H13ClFN5. The normalized spacial score (nSPS) is 12.7. The lowest BCUT2D eigenvalue weighted by Gasteiger charge is -2.16. The molecular weight excluding hydrogens is 257 g/mol. The lowest BCUT2D eigenvalue weighted by molar-refractivity contribution is 0.506. The highest BCUT2D eigenvalue weighted by molar-refractivity contribution is 6.30. The van der Waals surface area contributed by atoms with Crippen molar-refractivity contribution < 1.29 is 4.39 Å². The SMILES string of the molecule is Cn1cc(CC(NN)c2cccc(Cl)c2F)nn1. The average Bonchev–Trinajstić information content (AvgIpc) is 2.76. The van der Waals surface area contributed by atoms with Crippen LogP contribution in [0.4, 0.5) is 4.39 Å². The van der Waals surface area contributed by atoms with E-state index in [1.54, 1.807) is 30.1 Å². The van der Waals surface area contributed by atoms with E-state index < -0.39 is 11.9 Å². The molecule has 0 radical (unpaired) electrons. The van der Waals surface area contributed by atoms with Gasteiger partial charge in [-0.1, -0.05) is 28.9 Å². The molecule has 0 aliphatic carbocycles. The summed E-state index contributed by atoms with van der Waals surface area (Å²) in [6, 6.07) is 4.42. The lowest BCUT2D eigenvalue weighted by atomic mass is 10.0. The van der Waals surface area contributed by atoms with Crippen LogP contribution in [-0.2, 0) is 13.5 Å². The van der Waals surface area contributed by atoms with Crippen LogP contribution in [0.2, 0.25) is 5.02 Å². The molecule has 0 aliphatic rings. The van der Waals surface area contributed by atoms with Crippen molar-refractivity contribution in [2.75, 3.05) is 0 Å². The van der Waals surface area contributed by atoms with Crippen LogP contribution in [0.1, 0.15) is 17.3 Å². The Bertz CT molecular complexity index is 542. The third kappa shape index (κ3) is 2.66. The van der Waals surface area contributed by atoms with E-state index in [1.165, 1.54) is 6.07 Å². The van der Waals surface area contributed by atoms with Crippen molar-refractivity contribution in [2.24, 2.45) is 12.9 Å². The van der Waals surface area contributed by atoms with E-state index in [1.807, 2.05) is 0 Å². The number of aromatic nitrogens is 3. The summed E-state index contributed by atoms with van der Waals surface area (Å²) in [7, 11) is 1.77. The van der Waals surface area contributed by atoms with Gasteiger partial charge in [0.25, 0.3) is 0 Å². The molecule has 2 aromatic rings. The van der Waals surface area contributed by atoms with Crippen LogP contribution in [0.5, 0.6) is 0 Å². The monoisotopic (exact) mass is 269 g/mol. The van der Waals surface area contributed by atoms with Gasteiger partial charge in [0.1, 0.15) is 5.82 Å². The molecule has 0 fully saturated rings. The molecule has 0 spiro atoms. The van der Waals surface area contributed by atoms with Crippen molar-refractivity contribution in [1.29, 1.82) is 0 Å². The number of hydrazine groups is 1. The highest BCUT2D eigenvalue weighted by atomic mass is 35.5. The summed E-state index contributed by atoms with van der Waals surface area (Å²) in [6.45, 7) is 0. The second kappa shape index (κ2) is 5.43. The highest BCUT2D eigenvalue weighted by Crippen LogP contribution is 2.24. The maximum Gasteiger partial charge on any atom is 0.146 e. The Morgan fingerprint density at radius 2 is 2.33 bits per heavy atom. The summed E-state index contributed by atoms with van der Waals surface area (Å²) in [6.07, 6.45) is 2.19.